The van der Waals surface area contributed by atoms with Crippen molar-refractivity contribution in [3.63, 3.8) is 0 Å². The predicted molar refractivity (Wildman–Crippen MR) is 93.9 cm³/mol. The maximum Gasteiger partial charge on any atom is 0.418 e. The number of alkyl halides is 3. The standard InChI is InChI=1S/C18H19F3N2O2S/c1-17(2,3)26(25)23-15(13-8-6-12(11-24)7-9-13)16-14(18(19,20)21)5-4-10-22-16/h4-11,15,23H,1-3H3/t15-,26-/m0/s1. The second-order valence-electron chi connectivity index (χ2n) is 6.65. The number of nitrogens with one attached hydrogen (secondary N) is 1. The number of hydrogen-bond acceptors (Lipinski definition) is 3. The number of hydrogen-bond donors (Lipinski definition) is 1. The molecule has 4 nitrogen and oxygen atoms in total. The highest BCUT2D eigenvalue weighted by atomic mass is 32.2. The van der Waals surface area contributed by atoms with Gasteiger partial charge in [-0.05, 0) is 38.5 Å². The fraction of sp³-hybridized carbons (Fsp3) is 0.333. The van der Waals surface area contributed by atoms with Gasteiger partial charge in [-0.2, -0.15) is 13.2 Å². The molecule has 1 N–H and O–H groups in total. The topological polar surface area (TPSA) is 59.1 Å². The van der Waals surface area contributed by atoms with Crippen molar-refractivity contribution in [2.75, 3.05) is 0 Å². The van der Waals surface area contributed by atoms with Gasteiger partial charge in [0.15, 0.2) is 0 Å². The first kappa shape index (κ1) is 20.3. The lowest BCUT2D eigenvalue weighted by Gasteiger charge is -2.26. The second-order valence-corrected chi connectivity index (χ2v) is 8.65. The van der Waals surface area contributed by atoms with Crippen molar-refractivity contribution in [3.05, 3.63) is 65.0 Å². The third kappa shape index (κ3) is 4.76. The predicted octanol–water partition coefficient (Wildman–Crippen LogP) is 4.05. The molecule has 0 spiro atoms. The quantitative estimate of drug-likeness (QED) is 0.791. The molecule has 8 heteroatoms. The molecule has 0 bridgehead atoms. The minimum absolute atomic E-state index is 0.267. The van der Waals surface area contributed by atoms with Crippen LogP contribution in [0.15, 0.2) is 42.6 Å². The molecule has 0 unspecified atom stereocenters. The van der Waals surface area contributed by atoms with Gasteiger partial charge in [0.1, 0.15) is 6.29 Å². The Morgan fingerprint density at radius 2 is 1.73 bits per heavy atom. The molecule has 2 rings (SSSR count). The molecule has 0 aliphatic rings. The number of benzene rings is 1. The number of aromatic nitrogens is 1. The average molecular weight is 384 g/mol. The van der Waals surface area contributed by atoms with Crippen LogP contribution in [-0.2, 0) is 17.2 Å². The first-order valence-corrected chi connectivity index (χ1v) is 8.94. The van der Waals surface area contributed by atoms with E-state index in [2.05, 4.69) is 9.71 Å². The van der Waals surface area contributed by atoms with Crippen LogP contribution in [0, 0.1) is 0 Å². The summed E-state index contributed by atoms with van der Waals surface area (Å²) >= 11 is 0. The summed E-state index contributed by atoms with van der Waals surface area (Å²) in [5.74, 6) is 0. The number of aldehydes is 1. The largest absolute Gasteiger partial charge is 0.418 e. The first-order chi connectivity index (χ1) is 12.0. The fourth-order valence-corrected chi connectivity index (χ4v) is 3.04. The van der Waals surface area contributed by atoms with Gasteiger partial charge in [0.2, 0.25) is 0 Å². The average Bonchev–Trinajstić information content (AvgIpc) is 2.58. The third-order valence-corrected chi connectivity index (χ3v) is 5.17. The Bertz CT molecular complexity index is 799. The van der Waals surface area contributed by atoms with Crippen LogP contribution in [0.1, 0.15) is 54.0 Å². The molecule has 1 aromatic heterocycles. The summed E-state index contributed by atoms with van der Waals surface area (Å²) in [6, 6.07) is 7.14. The van der Waals surface area contributed by atoms with Crippen LogP contribution in [-0.4, -0.2) is 20.2 Å². The van der Waals surface area contributed by atoms with Crippen LogP contribution < -0.4 is 4.72 Å². The zero-order chi connectivity index (χ0) is 19.5. The summed E-state index contributed by atoms with van der Waals surface area (Å²) in [6.45, 7) is 5.14. The molecule has 26 heavy (non-hydrogen) atoms. The molecule has 0 saturated heterocycles. The number of carbonyl (C=O) groups is 1. The molecule has 0 aliphatic carbocycles. The maximum absolute atomic E-state index is 13.4. The van der Waals surface area contributed by atoms with Gasteiger partial charge in [-0.3, -0.25) is 9.78 Å². The van der Waals surface area contributed by atoms with Crippen LogP contribution in [0.5, 0.6) is 0 Å². The minimum atomic E-state index is -4.60. The number of halogens is 3. The van der Waals surface area contributed by atoms with E-state index in [-0.39, 0.29) is 5.69 Å². The number of rotatable bonds is 5. The van der Waals surface area contributed by atoms with Crippen molar-refractivity contribution in [1.29, 1.82) is 0 Å². The normalized spacial score (nSPS) is 14.7. The maximum atomic E-state index is 13.4. The highest BCUT2D eigenvalue weighted by Gasteiger charge is 2.37. The van der Waals surface area contributed by atoms with Crippen LogP contribution in [0.3, 0.4) is 0 Å². The molecule has 2 aromatic rings. The Morgan fingerprint density at radius 3 is 2.23 bits per heavy atom. The summed E-state index contributed by atoms with van der Waals surface area (Å²) in [6.07, 6.45) is -2.70. The highest BCUT2D eigenvalue weighted by molar-refractivity contribution is 7.84. The lowest BCUT2D eigenvalue weighted by molar-refractivity contribution is -0.138. The number of pyridine rings is 1. The smallest absolute Gasteiger partial charge is 0.298 e. The molecular weight excluding hydrogens is 365 g/mol. The van der Waals surface area contributed by atoms with E-state index in [1.165, 1.54) is 36.5 Å². The van der Waals surface area contributed by atoms with Crippen molar-refractivity contribution >= 4 is 17.3 Å². The lowest BCUT2D eigenvalue weighted by Crippen LogP contribution is -2.37. The number of carbonyl (C=O) groups excluding carboxylic acids is 1. The summed E-state index contributed by atoms with van der Waals surface area (Å²) in [5, 5.41) is 0. The van der Waals surface area contributed by atoms with E-state index in [0.29, 0.717) is 17.4 Å². The van der Waals surface area contributed by atoms with Gasteiger partial charge in [0.05, 0.1) is 33.0 Å². The van der Waals surface area contributed by atoms with Gasteiger partial charge in [0.25, 0.3) is 0 Å². The van der Waals surface area contributed by atoms with E-state index in [9.17, 15) is 22.2 Å². The monoisotopic (exact) mass is 384 g/mol. The Hall–Kier alpha value is -2.06. The minimum Gasteiger partial charge on any atom is -0.298 e. The van der Waals surface area contributed by atoms with Gasteiger partial charge in [-0.1, -0.05) is 24.3 Å². The van der Waals surface area contributed by atoms with Gasteiger partial charge >= 0.3 is 6.18 Å². The second kappa shape index (κ2) is 7.67. The van der Waals surface area contributed by atoms with E-state index in [1.54, 1.807) is 20.8 Å². The molecule has 0 aliphatic heterocycles. The molecule has 0 amide bonds. The van der Waals surface area contributed by atoms with E-state index in [4.69, 9.17) is 0 Å². The molecule has 0 saturated carbocycles. The van der Waals surface area contributed by atoms with Crippen LogP contribution >= 0.6 is 0 Å². The van der Waals surface area contributed by atoms with E-state index >= 15 is 0 Å². The summed E-state index contributed by atoms with van der Waals surface area (Å²) in [7, 11) is -1.64. The van der Waals surface area contributed by atoms with Crippen LogP contribution in [0.2, 0.25) is 0 Å². The van der Waals surface area contributed by atoms with Crippen molar-refractivity contribution in [1.82, 2.24) is 9.71 Å². The van der Waals surface area contributed by atoms with Crippen molar-refractivity contribution < 1.29 is 22.2 Å². The van der Waals surface area contributed by atoms with Crippen molar-refractivity contribution in [3.8, 4) is 0 Å². The molecule has 0 fully saturated rings. The van der Waals surface area contributed by atoms with Crippen LogP contribution in [0.25, 0.3) is 0 Å². The van der Waals surface area contributed by atoms with E-state index in [0.717, 1.165) is 6.07 Å². The van der Waals surface area contributed by atoms with Gasteiger partial charge < -0.3 is 0 Å². The summed E-state index contributed by atoms with van der Waals surface area (Å²) in [5.41, 5.74) is -0.349. The first-order valence-electron chi connectivity index (χ1n) is 7.79. The van der Waals surface area contributed by atoms with Crippen molar-refractivity contribution in [2.24, 2.45) is 0 Å². The summed E-state index contributed by atoms with van der Waals surface area (Å²) in [4.78, 5) is 14.7. The zero-order valence-corrected chi connectivity index (χ0v) is 15.3. The molecule has 2 atom stereocenters. The van der Waals surface area contributed by atoms with Crippen LogP contribution in [0.4, 0.5) is 13.2 Å². The number of nitrogens with zero attached hydrogens (tertiary/aromatic N) is 1. The highest BCUT2D eigenvalue weighted by Crippen LogP contribution is 2.36. The Labute approximate surface area is 152 Å². The SMILES string of the molecule is CC(C)(C)[S@](=O)N[C@@H](c1ccc(C=O)cc1)c1ncccc1C(F)(F)F. The lowest BCUT2D eigenvalue weighted by atomic mass is 9.99. The molecule has 0 radical (unpaired) electrons. The van der Waals surface area contributed by atoms with Gasteiger partial charge in [-0.25, -0.2) is 8.93 Å². The van der Waals surface area contributed by atoms with E-state index < -0.39 is 33.5 Å². The molecule has 1 aromatic carbocycles. The summed E-state index contributed by atoms with van der Waals surface area (Å²) < 4.78 is 54.9. The van der Waals surface area contributed by atoms with Crippen molar-refractivity contribution in [2.45, 2.75) is 37.7 Å². The zero-order valence-electron chi connectivity index (χ0n) is 14.5. The van der Waals surface area contributed by atoms with E-state index in [1.807, 2.05) is 0 Å². The Kier molecular flexibility index (Phi) is 5.98. The van der Waals surface area contributed by atoms with Gasteiger partial charge in [0, 0.05) is 11.8 Å². The Morgan fingerprint density at radius 1 is 1.12 bits per heavy atom. The molecule has 140 valence electrons. The van der Waals surface area contributed by atoms with Gasteiger partial charge in [-0.15, -0.1) is 0 Å². The molecular formula is C18H19F3N2O2S. The molecule has 1 heterocycles. The third-order valence-electron chi connectivity index (χ3n) is 3.60. The fourth-order valence-electron chi connectivity index (χ4n) is 2.22. The Balaban J connectivity index is 2.57.